The fourth-order valence-electron chi connectivity index (χ4n) is 2.63. The van der Waals surface area contributed by atoms with Gasteiger partial charge in [-0.3, -0.25) is 0 Å². The predicted molar refractivity (Wildman–Crippen MR) is 91.5 cm³/mol. The number of nitrogens with zero attached hydrogens (tertiary/aromatic N) is 4. The monoisotopic (exact) mass is 359 g/mol. The van der Waals surface area contributed by atoms with Crippen LogP contribution in [0.2, 0.25) is 0 Å². The Kier molecular flexibility index (Phi) is 5.67. The van der Waals surface area contributed by atoms with Gasteiger partial charge in [0.1, 0.15) is 5.75 Å². The standard InChI is InChI=1S/C17H21N5O4/c1-13-19-15(26-20-13)12-18-16(23)21-8-5-9-22(11-10-21)17(24)25-14-6-3-2-4-7-14/h2-4,6-7H,5,8-12H2,1H3,(H,18,23). The molecular weight excluding hydrogens is 338 g/mol. The van der Waals surface area contributed by atoms with Crippen LogP contribution in [0.3, 0.4) is 0 Å². The van der Waals surface area contributed by atoms with E-state index in [-0.39, 0.29) is 12.6 Å². The lowest BCUT2D eigenvalue weighted by molar-refractivity contribution is 0.153. The number of carbonyl (C=O) groups is 2. The third-order valence-corrected chi connectivity index (χ3v) is 3.95. The first-order valence-corrected chi connectivity index (χ1v) is 8.45. The second-order valence-corrected chi connectivity index (χ2v) is 5.90. The molecule has 138 valence electrons. The maximum absolute atomic E-state index is 12.3. The van der Waals surface area contributed by atoms with E-state index in [1.807, 2.05) is 18.2 Å². The lowest BCUT2D eigenvalue weighted by Crippen LogP contribution is -2.42. The van der Waals surface area contributed by atoms with Crippen molar-refractivity contribution in [2.24, 2.45) is 0 Å². The zero-order chi connectivity index (χ0) is 18.4. The second-order valence-electron chi connectivity index (χ2n) is 5.90. The molecule has 3 rings (SSSR count). The zero-order valence-corrected chi connectivity index (χ0v) is 14.6. The molecule has 26 heavy (non-hydrogen) atoms. The van der Waals surface area contributed by atoms with Crippen molar-refractivity contribution in [3.8, 4) is 5.75 Å². The number of amides is 3. The van der Waals surface area contributed by atoms with Gasteiger partial charge < -0.3 is 24.4 Å². The molecular formula is C17H21N5O4. The van der Waals surface area contributed by atoms with E-state index < -0.39 is 6.09 Å². The van der Waals surface area contributed by atoms with Crippen LogP contribution in [0.15, 0.2) is 34.9 Å². The SMILES string of the molecule is Cc1noc(CNC(=O)N2CCCN(C(=O)Oc3ccccc3)CC2)n1. The Morgan fingerprint density at radius 3 is 2.62 bits per heavy atom. The summed E-state index contributed by atoms with van der Waals surface area (Å²) < 4.78 is 10.3. The first-order valence-electron chi connectivity index (χ1n) is 8.45. The molecule has 1 N–H and O–H groups in total. The zero-order valence-electron chi connectivity index (χ0n) is 14.6. The summed E-state index contributed by atoms with van der Waals surface area (Å²) in [5, 5.41) is 6.43. The molecule has 0 saturated carbocycles. The summed E-state index contributed by atoms with van der Waals surface area (Å²) in [6, 6.07) is 8.71. The van der Waals surface area contributed by atoms with Gasteiger partial charge in [-0.25, -0.2) is 9.59 Å². The fraction of sp³-hybridized carbons (Fsp3) is 0.412. The minimum Gasteiger partial charge on any atom is -0.410 e. The van der Waals surface area contributed by atoms with Crippen LogP contribution in [-0.4, -0.2) is 58.2 Å². The van der Waals surface area contributed by atoms with Gasteiger partial charge in [0.2, 0.25) is 5.89 Å². The van der Waals surface area contributed by atoms with Crippen molar-refractivity contribution in [1.82, 2.24) is 25.3 Å². The van der Waals surface area contributed by atoms with Crippen molar-refractivity contribution < 1.29 is 18.8 Å². The average molecular weight is 359 g/mol. The highest BCUT2D eigenvalue weighted by Gasteiger charge is 2.23. The Hall–Kier alpha value is -3.10. The Balaban J connectivity index is 1.47. The molecule has 1 aromatic heterocycles. The smallest absolute Gasteiger partial charge is 0.410 e. The maximum Gasteiger partial charge on any atom is 0.415 e. The van der Waals surface area contributed by atoms with Crippen LogP contribution in [0.25, 0.3) is 0 Å². The third kappa shape index (κ3) is 4.71. The molecule has 3 amide bonds. The molecule has 2 aromatic rings. The van der Waals surface area contributed by atoms with Gasteiger partial charge in [-0.15, -0.1) is 0 Å². The highest BCUT2D eigenvalue weighted by atomic mass is 16.6. The lowest BCUT2D eigenvalue weighted by Gasteiger charge is -2.21. The van der Waals surface area contributed by atoms with Gasteiger partial charge in [0.05, 0.1) is 6.54 Å². The maximum atomic E-state index is 12.3. The summed E-state index contributed by atoms with van der Waals surface area (Å²) in [6.07, 6.45) is 0.275. The van der Waals surface area contributed by atoms with E-state index in [2.05, 4.69) is 15.5 Å². The number of benzene rings is 1. The molecule has 0 unspecified atom stereocenters. The van der Waals surface area contributed by atoms with E-state index in [9.17, 15) is 9.59 Å². The van der Waals surface area contributed by atoms with Crippen LogP contribution >= 0.6 is 0 Å². The summed E-state index contributed by atoms with van der Waals surface area (Å²) in [5.41, 5.74) is 0. The van der Waals surface area contributed by atoms with Crippen LogP contribution in [0.5, 0.6) is 5.75 Å². The number of hydrogen-bond acceptors (Lipinski definition) is 6. The molecule has 1 aliphatic rings. The van der Waals surface area contributed by atoms with E-state index in [0.717, 1.165) is 0 Å². The molecule has 1 saturated heterocycles. The second kappa shape index (κ2) is 8.32. The molecule has 1 aliphatic heterocycles. The van der Waals surface area contributed by atoms with Gasteiger partial charge in [0.25, 0.3) is 0 Å². The number of rotatable bonds is 3. The number of carbonyl (C=O) groups excluding carboxylic acids is 2. The molecule has 0 aliphatic carbocycles. The Labute approximate surface area is 150 Å². The normalized spacial score (nSPS) is 14.7. The molecule has 2 heterocycles. The Morgan fingerprint density at radius 1 is 1.15 bits per heavy atom. The fourth-order valence-corrected chi connectivity index (χ4v) is 2.63. The molecule has 0 bridgehead atoms. The topological polar surface area (TPSA) is 101 Å². The predicted octanol–water partition coefficient (Wildman–Crippen LogP) is 1.79. The van der Waals surface area contributed by atoms with Gasteiger partial charge in [0, 0.05) is 26.2 Å². The van der Waals surface area contributed by atoms with E-state index in [0.29, 0.717) is 50.1 Å². The minimum atomic E-state index is -0.403. The molecule has 1 fully saturated rings. The summed E-state index contributed by atoms with van der Waals surface area (Å²) in [5.74, 6) is 1.39. The van der Waals surface area contributed by atoms with Crippen molar-refractivity contribution in [3.05, 3.63) is 42.0 Å². The van der Waals surface area contributed by atoms with Crippen molar-refractivity contribution in [1.29, 1.82) is 0 Å². The van der Waals surface area contributed by atoms with E-state index in [1.54, 1.807) is 28.9 Å². The lowest BCUT2D eigenvalue weighted by atomic mass is 10.3. The van der Waals surface area contributed by atoms with Crippen LogP contribution in [0.4, 0.5) is 9.59 Å². The number of aromatic nitrogens is 2. The number of hydrogen-bond donors (Lipinski definition) is 1. The van der Waals surface area contributed by atoms with Crippen LogP contribution < -0.4 is 10.1 Å². The molecule has 0 radical (unpaired) electrons. The van der Waals surface area contributed by atoms with Gasteiger partial charge in [0.15, 0.2) is 5.82 Å². The van der Waals surface area contributed by atoms with Gasteiger partial charge in [-0.2, -0.15) is 4.98 Å². The first kappa shape index (κ1) is 17.7. The van der Waals surface area contributed by atoms with Crippen molar-refractivity contribution >= 4 is 12.1 Å². The van der Waals surface area contributed by atoms with Crippen LogP contribution in [0, 0.1) is 6.92 Å². The van der Waals surface area contributed by atoms with Crippen LogP contribution in [0.1, 0.15) is 18.1 Å². The summed E-state index contributed by atoms with van der Waals surface area (Å²) in [6.45, 7) is 3.84. The minimum absolute atomic E-state index is 0.177. The Bertz CT molecular complexity index is 749. The van der Waals surface area contributed by atoms with E-state index >= 15 is 0 Å². The first-order chi connectivity index (χ1) is 12.6. The summed E-state index contributed by atoms with van der Waals surface area (Å²) >= 11 is 0. The Morgan fingerprint density at radius 2 is 1.88 bits per heavy atom. The highest BCUT2D eigenvalue weighted by molar-refractivity contribution is 5.74. The molecule has 0 atom stereocenters. The van der Waals surface area contributed by atoms with Gasteiger partial charge in [-0.1, -0.05) is 23.4 Å². The van der Waals surface area contributed by atoms with Crippen molar-refractivity contribution in [2.75, 3.05) is 26.2 Å². The highest BCUT2D eigenvalue weighted by Crippen LogP contribution is 2.12. The largest absolute Gasteiger partial charge is 0.415 e. The number of aryl methyl sites for hydroxylation is 1. The van der Waals surface area contributed by atoms with Gasteiger partial charge in [-0.05, 0) is 25.5 Å². The van der Waals surface area contributed by atoms with Crippen LogP contribution in [-0.2, 0) is 6.54 Å². The molecule has 9 nitrogen and oxygen atoms in total. The molecule has 9 heteroatoms. The summed E-state index contributed by atoms with van der Waals surface area (Å²) in [7, 11) is 0. The molecule has 0 spiro atoms. The number of para-hydroxylation sites is 1. The number of urea groups is 1. The number of ether oxygens (including phenoxy) is 1. The third-order valence-electron chi connectivity index (χ3n) is 3.95. The van der Waals surface area contributed by atoms with Crippen molar-refractivity contribution in [2.45, 2.75) is 19.9 Å². The van der Waals surface area contributed by atoms with Gasteiger partial charge >= 0.3 is 12.1 Å². The number of nitrogens with one attached hydrogen (secondary N) is 1. The summed E-state index contributed by atoms with van der Waals surface area (Å²) in [4.78, 5) is 31.9. The van der Waals surface area contributed by atoms with Crippen molar-refractivity contribution in [3.63, 3.8) is 0 Å². The van der Waals surface area contributed by atoms with E-state index in [1.165, 1.54) is 0 Å². The molecule has 1 aromatic carbocycles. The quantitative estimate of drug-likeness (QED) is 0.897. The average Bonchev–Trinajstić information content (AvgIpc) is 2.91. The van der Waals surface area contributed by atoms with E-state index in [4.69, 9.17) is 9.26 Å².